The van der Waals surface area contributed by atoms with Crippen molar-refractivity contribution in [2.45, 2.75) is 49.4 Å². The van der Waals surface area contributed by atoms with Gasteiger partial charge in [-0.2, -0.15) is 21.6 Å². The zero-order valence-corrected chi connectivity index (χ0v) is 31.0. The number of hydrogen-bond acceptors (Lipinski definition) is 5. The van der Waals surface area contributed by atoms with Crippen LogP contribution in [0.4, 0.5) is 13.2 Å². The molecule has 0 aliphatic heterocycles. The molecule has 5 nitrogen and oxygen atoms in total. The molecule has 0 saturated carbocycles. The second-order valence-electron chi connectivity index (χ2n) is 13.8. The summed E-state index contributed by atoms with van der Waals surface area (Å²) in [6.07, 6.45) is 0.704. The molecule has 0 fully saturated rings. The topological polar surface area (TPSA) is 61.8 Å². The van der Waals surface area contributed by atoms with Gasteiger partial charge in [-0.1, -0.05) is 172 Å². The summed E-state index contributed by atoms with van der Waals surface area (Å²) in [4.78, 5) is 0. The average Bonchev–Trinajstić information content (AvgIpc) is 3.51. The summed E-state index contributed by atoms with van der Waals surface area (Å²) in [5.74, 6) is -1.39. The van der Waals surface area contributed by atoms with Crippen LogP contribution in [0.5, 0.6) is 0 Å². The maximum atomic E-state index is 13.8. The monoisotopic (exact) mass is 742 g/mol. The Balaban J connectivity index is 1.50. The highest BCUT2D eigenvalue weighted by Gasteiger charge is 2.55. The van der Waals surface area contributed by atoms with E-state index in [0.717, 1.165) is 27.1 Å². The molecule has 52 heavy (non-hydrogen) atoms. The van der Waals surface area contributed by atoms with E-state index in [1.807, 2.05) is 152 Å². The van der Waals surface area contributed by atoms with E-state index in [1.54, 1.807) is 0 Å². The SMILES string of the molecule is CC(C)(C)[Si](OC1CC=C(OS(=O)(=O)C(F)(F)F)C1COC(c1ccccc1)(c1ccccc1)c1ccccc1)(c1ccccc1)c1ccccc1. The summed E-state index contributed by atoms with van der Waals surface area (Å²) in [6, 6.07) is 48.4. The normalized spacial score (nSPS) is 17.1. The van der Waals surface area contributed by atoms with Crippen LogP contribution < -0.4 is 10.4 Å². The second kappa shape index (κ2) is 14.9. The van der Waals surface area contributed by atoms with Gasteiger partial charge in [0.25, 0.3) is 8.32 Å². The van der Waals surface area contributed by atoms with Gasteiger partial charge < -0.3 is 13.3 Å². The molecule has 0 radical (unpaired) electrons. The number of rotatable bonds is 12. The zero-order chi connectivity index (χ0) is 37.0. The van der Waals surface area contributed by atoms with Gasteiger partial charge in [0.1, 0.15) is 11.4 Å². The Hall–Kier alpha value is -4.48. The molecular formula is C42H41F3O5SSi. The Morgan fingerprint density at radius 2 is 1.02 bits per heavy atom. The number of benzene rings is 5. The Kier molecular flexibility index (Phi) is 10.7. The van der Waals surface area contributed by atoms with Gasteiger partial charge in [-0.05, 0) is 44.6 Å². The molecule has 1 aliphatic rings. The van der Waals surface area contributed by atoms with Crippen LogP contribution in [0.2, 0.25) is 5.04 Å². The smallest absolute Gasteiger partial charge is 0.403 e. The van der Waals surface area contributed by atoms with E-state index in [9.17, 15) is 21.6 Å². The lowest BCUT2D eigenvalue weighted by Gasteiger charge is -2.46. The zero-order valence-electron chi connectivity index (χ0n) is 29.2. The van der Waals surface area contributed by atoms with E-state index in [4.69, 9.17) is 13.3 Å². The van der Waals surface area contributed by atoms with Crippen LogP contribution in [0.15, 0.2) is 163 Å². The van der Waals surface area contributed by atoms with Gasteiger partial charge in [0.05, 0.1) is 18.6 Å². The van der Waals surface area contributed by atoms with Gasteiger partial charge in [0, 0.05) is 0 Å². The molecular weight excluding hydrogens is 702 g/mol. The van der Waals surface area contributed by atoms with Gasteiger partial charge in [0.2, 0.25) is 0 Å². The first-order valence-electron chi connectivity index (χ1n) is 17.1. The first kappa shape index (κ1) is 37.3. The predicted octanol–water partition coefficient (Wildman–Crippen LogP) is 8.71. The van der Waals surface area contributed by atoms with Crippen molar-refractivity contribution >= 4 is 28.8 Å². The number of hydrogen-bond donors (Lipinski definition) is 0. The van der Waals surface area contributed by atoms with Crippen molar-refractivity contribution in [3.8, 4) is 0 Å². The lowest BCUT2D eigenvalue weighted by Crippen LogP contribution is -2.68. The van der Waals surface area contributed by atoms with Crippen LogP contribution >= 0.6 is 0 Å². The third kappa shape index (κ3) is 7.13. The van der Waals surface area contributed by atoms with Crippen molar-refractivity contribution in [2.24, 2.45) is 5.92 Å². The van der Waals surface area contributed by atoms with E-state index in [2.05, 4.69) is 20.8 Å². The minimum absolute atomic E-state index is 0.107. The summed E-state index contributed by atoms with van der Waals surface area (Å²) in [5.41, 5.74) is -4.52. The quantitative estimate of drug-likeness (QED) is 0.0554. The molecule has 5 aromatic carbocycles. The number of alkyl halides is 3. The van der Waals surface area contributed by atoms with Gasteiger partial charge >= 0.3 is 15.6 Å². The molecule has 0 spiro atoms. The molecule has 0 aromatic heterocycles. The van der Waals surface area contributed by atoms with Crippen LogP contribution in [-0.4, -0.2) is 35.0 Å². The third-order valence-corrected chi connectivity index (χ3v) is 15.7. The molecule has 0 heterocycles. The molecule has 10 heteroatoms. The molecule has 2 atom stereocenters. The Morgan fingerprint density at radius 1 is 0.635 bits per heavy atom. The van der Waals surface area contributed by atoms with Crippen molar-refractivity contribution in [1.29, 1.82) is 0 Å². The van der Waals surface area contributed by atoms with Crippen molar-refractivity contribution < 1.29 is 34.9 Å². The average molecular weight is 743 g/mol. The van der Waals surface area contributed by atoms with Gasteiger partial charge in [-0.3, -0.25) is 0 Å². The highest BCUT2D eigenvalue weighted by molar-refractivity contribution is 7.87. The van der Waals surface area contributed by atoms with E-state index in [1.165, 1.54) is 6.08 Å². The van der Waals surface area contributed by atoms with Gasteiger partial charge in [-0.15, -0.1) is 0 Å². The fraction of sp³-hybridized carbons (Fsp3) is 0.238. The first-order chi connectivity index (χ1) is 24.8. The number of halogens is 3. The van der Waals surface area contributed by atoms with Crippen molar-refractivity contribution in [1.82, 2.24) is 0 Å². The van der Waals surface area contributed by atoms with Crippen molar-refractivity contribution in [2.75, 3.05) is 6.61 Å². The van der Waals surface area contributed by atoms with E-state index < -0.39 is 46.6 Å². The van der Waals surface area contributed by atoms with Gasteiger partial charge in [0.15, 0.2) is 0 Å². The lowest BCUT2D eigenvalue weighted by atomic mass is 9.80. The minimum Gasteiger partial charge on any atom is -0.403 e. The van der Waals surface area contributed by atoms with Gasteiger partial charge in [-0.25, -0.2) is 0 Å². The largest absolute Gasteiger partial charge is 0.534 e. The maximum absolute atomic E-state index is 13.8. The van der Waals surface area contributed by atoms with Crippen LogP contribution in [0.3, 0.4) is 0 Å². The van der Waals surface area contributed by atoms with Crippen molar-refractivity contribution in [3.63, 3.8) is 0 Å². The third-order valence-electron chi connectivity index (χ3n) is 9.62. The van der Waals surface area contributed by atoms with Crippen LogP contribution in [0.25, 0.3) is 0 Å². The molecule has 1 aliphatic carbocycles. The summed E-state index contributed by atoms with van der Waals surface area (Å²) in [7, 11) is -9.26. The minimum atomic E-state index is -5.99. The van der Waals surface area contributed by atoms with Crippen molar-refractivity contribution in [3.05, 3.63) is 180 Å². The standard InChI is InChI=1S/C42H41F3O5SSi/c1-40(2,3)52(35-25-15-7-16-26-35,36-27-17-8-18-28-36)50-39-30-29-38(49-51(46,47)42(43,44)45)37(39)31-48-41(32-19-9-4-10-20-32,33-21-11-5-12-22-33)34-23-13-6-14-24-34/h4-29,37,39H,30-31H2,1-3H3. The molecule has 5 aromatic rings. The lowest BCUT2D eigenvalue weighted by molar-refractivity contribution is -0.0555. The fourth-order valence-electron chi connectivity index (χ4n) is 7.22. The highest BCUT2D eigenvalue weighted by Crippen LogP contribution is 2.45. The summed E-state index contributed by atoms with van der Waals surface area (Å²) < 4.78 is 86.0. The predicted molar refractivity (Wildman–Crippen MR) is 200 cm³/mol. The fourth-order valence-corrected chi connectivity index (χ4v) is 12.5. The van der Waals surface area contributed by atoms with E-state index >= 15 is 0 Å². The first-order valence-corrected chi connectivity index (χ1v) is 20.4. The Labute approximate surface area is 305 Å². The Morgan fingerprint density at radius 3 is 1.38 bits per heavy atom. The number of ether oxygens (including phenoxy) is 1. The molecule has 2 unspecified atom stereocenters. The summed E-state index contributed by atoms with van der Waals surface area (Å²) in [5, 5.41) is 1.47. The van der Waals surface area contributed by atoms with Crippen LogP contribution in [0, 0.1) is 5.92 Å². The summed E-state index contributed by atoms with van der Waals surface area (Å²) in [6.45, 7) is 6.07. The Bertz CT molecular complexity index is 1920. The van der Waals surface area contributed by atoms with E-state index in [0.29, 0.717) is 0 Å². The molecule has 0 N–H and O–H groups in total. The molecule has 0 amide bonds. The maximum Gasteiger partial charge on any atom is 0.534 e. The van der Waals surface area contributed by atoms with Crippen LogP contribution in [-0.2, 0) is 29.1 Å². The second-order valence-corrected chi connectivity index (χ2v) is 19.6. The van der Waals surface area contributed by atoms with Crippen LogP contribution in [0.1, 0.15) is 43.9 Å². The molecule has 0 saturated heterocycles. The summed E-state index contributed by atoms with van der Waals surface area (Å²) >= 11 is 0. The van der Waals surface area contributed by atoms with E-state index in [-0.39, 0.29) is 18.8 Å². The molecule has 270 valence electrons. The highest BCUT2D eigenvalue weighted by atomic mass is 32.2. The molecule has 6 rings (SSSR count). The molecule has 0 bridgehead atoms.